The van der Waals surface area contributed by atoms with Crippen molar-refractivity contribution in [2.45, 2.75) is 32.4 Å². The molecule has 1 unspecified atom stereocenters. The molecule has 1 atom stereocenters. The van der Waals surface area contributed by atoms with E-state index < -0.39 is 17.7 Å². The number of amides is 1. The summed E-state index contributed by atoms with van der Waals surface area (Å²) in [6.07, 6.45) is 3.42. The molecule has 1 N–H and O–H groups in total. The van der Waals surface area contributed by atoms with Gasteiger partial charge in [-0.15, -0.1) is 0 Å². The van der Waals surface area contributed by atoms with Crippen molar-refractivity contribution in [1.82, 2.24) is 4.90 Å². The highest BCUT2D eigenvalue weighted by molar-refractivity contribution is 6.46. The van der Waals surface area contributed by atoms with Crippen LogP contribution in [0.3, 0.4) is 0 Å². The Labute approximate surface area is 208 Å². The number of hydrogen-bond donors (Lipinski definition) is 1. The number of nitrogens with zero attached hydrogens (tertiary/aromatic N) is 1. The molecule has 8 nitrogen and oxygen atoms in total. The van der Waals surface area contributed by atoms with E-state index in [0.29, 0.717) is 54.0 Å². The van der Waals surface area contributed by atoms with Crippen LogP contribution in [0.2, 0.25) is 0 Å². The Morgan fingerprint density at radius 1 is 1.06 bits per heavy atom. The van der Waals surface area contributed by atoms with Crippen LogP contribution >= 0.6 is 0 Å². The maximum Gasteiger partial charge on any atom is 0.296 e. The van der Waals surface area contributed by atoms with Gasteiger partial charge < -0.3 is 28.6 Å². The van der Waals surface area contributed by atoms with Gasteiger partial charge in [-0.2, -0.15) is 0 Å². The number of unbranched alkanes of at least 4 members (excludes halogenated alkanes) is 1. The number of furan rings is 1. The van der Waals surface area contributed by atoms with Crippen molar-refractivity contribution in [3.8, 4) is 17.2 Å². The summed E-state index contributed by atoms with van der Waals surface area (Å²) in [7, 11) is 0. The zero-order valence-electron chi connectivity index (χ0n) is 19.9. The lowest BCUT2D eigenvalue weighted by Crippen LogP contribution is -2.29. The monoisotopic (exact) mass is 489 g/mol. The predicted octanol–water partition coefficient (Wildman–Crippen LogP) is 4.85. The van der Waals surface area contributed by atoms with Gasteiger partial charge in [0.2, 0.25) is 0 Å². The highest BCUT2D eigenvalue weighted by Crippen LogP contribution is 2.42. The molecule has 0 bridgehead atoms. The molecule has 1 fully saturated rings. The Morgan fingerprint density at radius 2 is 1.89 bits per heavy atom. The van der Waals surface area contributed by atoms with Gasteiger partial charge in [-0.05, 0) is 54.4 Å². The molecule has 3 aromatic rings. The van der Waals surface area contributed by atoms with Crippen LogP contribution < -0.4 is 14.2 Å². The van der Waals surface area contributed by atoms with E-state index in [0.717, 1.165) is 12.8 Å². The first-order valence-corrected chi connectivity index (χ1v) is 12.0. The quantitative estimate of drug-likeness (QED) is 0.209. The first kappa shape index (κ1) is 23.5. The summed E-state index contributed by atoms with van der Waals surface area (Å²) in [5.41, 5.74) is 0.999. The van der Waals surface area contributed by atoms with E-state index in [4.69, 9.17) is 18.6 Å². The molecule has 3 heterocycles. The number of hydrogen-bond acceptors (Lipinski definition) is 7. The third-order valence-corrected chi connectivity index (χ3v) is 6.20. The first-order chi connectivity index (χ1) is 17.6. The average molecular weight is 490 g/mol. The van der Waals surface area contributed by atoms with Crippen LogP contribution in [-0.4, -0.2) is 41.5 Å². The fraction of sp³-hybridized carbons (Fsp3) is 0.286. The van der Waals surface area contributed by atoms with Crippen LogP contribution in [0.1, 0.15) is 42.7 Å². The predicted molar refractivity (Wildman–Crippen MR) is 131 cm³/mol. The lowest BCUT2D eigenvalue weighted by Gasteiger charge is -2.25. The zero-order chi connectivity index (χ0) is 25.1. The molecule has 2 aromatic carbocycles. The zero-order valence-corrected chi connectivity index (χ0v) is 19.9. The van der Waals surface area contributed by atoms with Crippen molar-refractivity contribution in [3.63, 3.8) is 0 Å². The van der Waals surface area contributed by atoms with E-state index in [2.05, 4.69) is 6.92 Å². The largest absolute Gasteiger partial charge is 0.507 e. The lowest BCUT2D eigenvalue weighted by atomic mass is 9.95. The van der Waals surface area contributed by atoms with Crippen molar-refractivity contribution in [3.05, 3.63) is 83.3 Å². The van der Waals surface area contributed by atoms with Crippen molar-refractivity contribution in [2.24, 2.45) is 0 Å². The van der Waals surface area contributed by atoms with Crippen LogP contribution in [-0.2, 0) is 16.1 Å². The van der Waals surface area contributed by atoms with Gasteiger partial charge >= 0.3 is 0 Å². The minimum Gasteiger partial charge on any atom is -0.507 e. The Morgan fingerprint density at radius 3 is 2.67 bits per heavy atom. The Hall–Kier alpha value is -4.20. The van der Waals surface area contributed by atoms with E-state index in [1.807, 2.05) is 18.2 Å². The third-order valence-electron chi connectivity index (χ3n) is 6.20. The van der Waals surface area contributed by atoms with Crippen LogP contribution in [0.15, 0.2) is 70.9 Å². The molecule has 0 aliphatic carbocycles. The number of aliphatic hydroxyl groups excluding tert-OH is 1. The molecule has 2 aliphatic rings. The highest BCUT2D eigenvalue weighted by Gasteiger charge is 2.46. The Kier molecular flexibility index (Phi) is 6.66. The molecular weight excluding hydrogens is 462 g/mol. The van der Waals surface area contributed by atoms with Gasteiger partial charge in [-0.3, -0.25) is 9.59 Å². The number of fused-ring (bicyclic) bond motifs is 1. The van der Waals surface area contributed by atoms with Crippen LogP contribution in [0.4, 0.5) is 0 Å². The topological polar surface area (TPSA) is 98.4 Å². The number of aliphatic hydroxyl groups is 1. The number of benzene rings is 2. The number of ether oxygens (including phenoxy) is 3. The van der Waals surface area contributed by atoms with Crippen molar-refractivity contribution < 1.29 is 33.3 Å². The molecule has 0 radical (unpaired) electrons. The van der Waals surface area contributed by atoms with Gasteiger partial charge in [-0.1, -0.05) is 25.5 Å². The van der Waals surface area contributed by atoms with Gasteiger partial charge in [0.05, 0.1) is 31.0 Å². The minimum atomic E-state index is -0.835. The van der Waals surface area contributed by atoms with Gasteiger partial charge in [-0.25, -0.2) is 0 Å². The molecule has 186 valence electrons. The standard InChI is InChI=1S/C28H27NO7/c1-2-3-11-33-20-7-4-6-18(15-20)25-24(27(31)28(32)29(25)17-21-8-5-12-34-21)26(30)19-9-10-22-23(16-19)36-14-13-35-22/h4-10,12,15-16,25,30H,2-3,11,13-14,17H2,1H3. The van der Waals surface area contributed by atoms with Gasteiger partial charge in [0, 0.05) is 5.56 Å². The number of carbonyl (C=O) groups is 2. The molecule has 1 saturated heterocycles. The minimum absolute atomic E-state index is 0.00561. The summed E-state index contributed by atoms with van der Waals surface area (Å²) in [5, 5.41) is 11.4. The van der Waals surface area contributed by atoms with Crippen LogP contribution in [0.5, 0.6) is 17.2 Å². The molecule has 1 amide bonds. The lowest BCUT2D eigenvalue weighted by molar-refractivity contribution is -0.140. The average Bonchev–Trinajstić information content (AvgIpc) is 3.51. The third kappa shape index (κ3) is 4.54. The molecule has 8 heteroatoms. The number of carbonyl (C=O) groups excluding carboxylic acids is 2. The summed E-state index contributed by atoms with van der Waals surface area (Å²) in [6.45, 7) is 3.53. The molecule has 2 aliphatic heterocycles. The van der Waals surface area contributed by atoms with Gasteiger partial charge in [0.15, 0.2) is 11.5 Å². The SMILES string of the molecule is CCCCOc1cccc(C2C(=C(O)c3ccc4c(c3)OCCO4)C(=O)C(=O)N2Cc2ccco2)c1. The molecular formula is C28H27NO7. The second kappa shape index (κ2) is 10.2. The first-order valence-electron chi connectivity index (χ1n) is 12.0. The summed E-state index contributed by atoms with van der Waals surface area (Å²) in [6, 6.07) is 14.8. The van der Waals surface area contributed by atoms with Crippen LogP contribution in [0, 0.1) is 0 Å². The van der Waals surface area contributed by atoms with E-state index in [1.165, 1.54) is 11.2 Å². The Balaban J connectivity index is 1.59. The molecule has 1 aromatic heterocycles. The summed E-state index contributed by atoms with van der Waals surface area (Å²) in [4.78, 5) is 27.9. The maximum atomic E-state index is 13.3. The van der Waals surface area contributed by atoms with Crippen molar-refractivity contribution in [2.75, 3.05) is 19.8 Å². The summed E-state index contributed by atoms with van der Waals surface area (Å²) in [5.74, 6) is 0.418. The fourth-order valence-electron chi connectivity index (χ4n) is 4.42. The number of ketones is 1. The molecule has 5 rings (SSSR count). The summed E-state index contributed by atoms with van der Waals surface area (Å²) >= 11 is 0. The number of likely N-dealkylation sites (tertiary alicyclic amines) is 1. The smallest absolute Gasteiger partial charge is 0.296 e. The molecule has 0 saturated carbocycles. The van der Waals surface area contributed by atoms with E-state index in [9.17, 15) is 14.7 Å². The Bertz CT molecular complexity index is 1290. The second-order valence-electron chi connectivity index (χ2n) is 8.64. The van der Waals surface area contributed by atoms with E-state index in [-0.39, 0.29) is 17.9 Å². The van der Waals surface area contributed by atoms with Gasteiger partial charge in [0.1, 0.15) is 30.5 Å². The fourth-order valence-corrected chi connectivity index (χ4v) is 4.42. The van der Waals surface area contributed by atoms with Crippen molar-refractivity contribution in [1.29, 1.82) is 0 Å². The van der Waals surface area contributed by atoms with E-state index >= 15 is 0 Å². The second-order valence-corrected chi connectivity index (χ2v) is 8.64. The normalized spacial score (nSPS) is 18.5. The maximum absolute atomic E-state index is 13.3. The molecule has 36 heavy (non-hydrogen) atoms. The summed E-state index contributed by atoms with van der Waals surface area (Å²) < 4.78 is 22.5. The molecule has 0 spiro atoms. The van der Waals surface area contributed by atoms with Gasteiger partial charge in [0.25, 0.3) is 11.7 Å². The number of rotatable bonds is 8. The number of Topliss-reactive ketones (excluding diaryl/α,β-unsaturated/α-hetero) is 1. The highest BCUT2D eigenvalue weighted by atomic mass is 16.6. The van der Waals surface area contributed by atoms with E-state index in [1.54, 1.807) is 36.4 Å². The van der Waals surface area contributed by atoms with Crippen LogP contribution in [0.25, 0.3) is 5.76 Å². The van der Waals surface area contributed by atoms with Crippen molar-refractivity contribution >= 4 is 17.4 Å².